The fourth-order valence-corrected chi connectivity index (χ4v) is 3.36. The minimum absolute atomic E-state index is 0.254. The number of nitrogens with one attached hydrogen (secondary N) is 1. The molecule has 27 heavy (non-hydrogen) atoms. The number of rotatable bonds is 3. The molecule has 0 saturated heterocycles. The molecular formula is C21H19ClN4O. The lowest BCUT2D eigenvalue weighted by Gasteiger charge is -2.28. The second-order valence-electron chi connectivity index (χ2n) is 6.63. The molecule has 1 aliphatic rings. The number of nitrogens with zero attached hydrogens (tertiary/aromatic N) is 3. The van der Waals surface area contributed by atoms with Gasteiger partial charge in [0.25, 0.3) is 5.91 Å². The second-order valence-corrected chi connectivity index (χ2v) is 7.06. The zero-order valence-electron chi connectivity index (χ0n) is 14.9. The van der Waals surface area contributed by atoms with Crippen LogP contribution in [0.15, 0.2) is 54.9 Å². The number of aryl methyl sites for hydroxylation is 1. The van der Waals surface area contributed by atoms with Gasteiger partial charge in [0.1, 0.15) is 0 Å². The molecule has 0 saturated carbocycles. The van der Waals surface area contributed by atoms with E-state index in [0.29, 0.717) is 22.2 Å². The van der Waals surface area contributed by atoms with Crippen LogP contribution >= 0.6 is 11.6 Å². The number of hydrogen-bond donors (Lipinski definition) is 1. The second kappa shape index (κ2) is 7.37. The lowest BCUT2D eigenvalue weighted by molar-refractivity contribution is 0.102. The molecule has 6 heteroatoms. The van der Waals surface area contributed by atoms with Gasteiger partial charge in [-0.1, -0.05) is 41.9 Å². The average molecular weight is 379 g/mol. The van der Waals surface area contributed by atoms with Crippen LogP contribution in [0.2, 0.25) is 5.02 Å². The maximum atomic E-state index is 12.5. The zero-order valence-corrected chi connectivity index (χ0v) is 15.7. The molecule has 1 aliphatic heterocycles. The molecule has 0 atom stereocenters. The first kappa shape index (κ1) is 17.5. The molecule has 3 aromatic rings. The van der Waals surface area contributed by atoms with E-state index < -0.39 is 0 Å². The number of anilines is 2. The summed E-state index contributed by atoms with van der Waals surface area (Å²) < 4.78 is 0. The van der Waals surface area contributed by atoms with Crippen molar-refractivity contribution in [3.05, 3.63) is 82.1 Å². The summed E-state index contributed by atoms with van der Waals surface area (Å²) in [6, 6.07) is 13.8. The van der Waals surface area contributed by atoms with Gasteiger partial charge in [-0.05, 0) is 42.2 Å². The molecule has 0 fully saturated rings. The van der Waals surface area contributed by atoms with E-state index in [-0.39, 0.29) is 5.91 Å². The van der Waals surface area contributed by atoms with Crippen molar-refractivity contribution in [2.45, 2.75) is 19.9 Å². The van der Waals surface area contributed by atoms with Gasteiger partial charge in [-0.25, -0.2) is 9.97 Å². The normalized spacial score (nSPS) is 13.2. The van der Waals surface area contributed by atoms with Crippen LogP contribution in [0.4, 0.5) is 11.6 Å². The van der Waals surface area contributed by atoms with E-state index in [9.17, 15) is 4.79 Å². The summed E-state index contributed by atoms with van der Waals surface area (Å²) in [6.07, 6.45) is 4.10. The van der Waals surface area contributed by atoms with Crippen molar-refractivity contribution in [1.82, 2.24) is 9.97 Å². The number of carbonyl (C=O) groups excluding carboxylic acids is 1. The van der Waals surface area contributed by atoms with Gasteiger partial charge in [-0.15, -0.1) is 0 Å². The van der Waals surface area contributed by atoms with Crippen LogP contribution in [0.1, 0.15) is 27.0 Å². The highest BCUT2D eigenvalue weighted by Crippen LogP contribution is 2.23. The van der Waals surface area contributed by atoms with E-state index >= 15 is 0 Å². The Hall–Kier alpha value is -2.92. The summed E-state index contributed by atoms with van der Waals surface area (Å²) in [5, 5.41) is 3.44. The maximum absolute atomic E-state index is 12.5. The van der Waals surface area contributed by atoms with Crippen LogP contribution in [0, 0.1) is 6.92 Å². The molecule has 0 spiro atoms. The minimum atomic E-state index is -0.254. The van der Waals surface area contributed by atoms with Crippen molar-refractivity contribution in [3.8, 4) is 0 Å². The molecule has 2 heterocycles. The number of amides is 1. The van der Waals surface area contributed by atoms with Gasteiger partial charge in [-0.2, -0.15) is 0 Å². The van der Waals surface area contributed by atoms with Gasteiger partial charge >= 0.3 is 0 Å². The molecule has 0 bridgehead atoms. The summed E-state index contributed by atoms with van der Waals surface area (Å²) in [6.45, 7) is 3.56. The van der Waals surface area contributed by atoms with Gasteiger partial charge in [0.05, 0.1) is 5.56 Å². The molecule has 5 nitrogen and oxygen atoms in total. The number of hydrogen-bond acceptors (Lipinski definition) is 4. The standard InChI is InChI=1S/C21H19ClN4O/c1-14-6-7-18(22)10-19(14)25-20(27)17-11-23-21(24-12-17)26-9-8-15-4-2-3-5-16(15)13-26/h2-7,10-12H,8-9,13H2,1H3,(H,25,27). The van der Waals surface area contributed by atoms with Crippen molar-refractivity contribution in [3.63, 3.8) is 0 Å². The Balaban J connectivity index is 1.48. The van der Waals surface area contributed by atoms with E-state index in [1.165, 1.54) is 11.1 Å². The molecule has 1 amide bonds. The Bertz CT molecular complexity index is 988. The van der Waals surface area contributed by atoms with Gasteiger partial charge in [0.2, 0.25) is 5.95 Å². The number of carbonyl (C=O) groups is 1. The van der Waals surface area contributed by atoms with E-state index in [2.05, 4.69) is 44.5 Å². The van der Waals surface area contributed by atoms with Gasteiger partial charge in [-0.3, -0.25) is 4.79 Å². The number of benzene rings is 2. The number of aromatic nitrogens is 2. The summed E-state index contributed by atoms with van der Waals surface area (Å²) in [5.41, 5.74) is 4.71. The molecule has 136 valence electrons. The molecule has 1 N–H and O–H groups in total. The van der Waals surface area contributed by atoms with Crippen LogP contribution in [0.3, 0.4) is 0 Å². The predicted molar refractivity (Wildman–Crippen MR) is 107 cm³/mol. The summed E-state index contributed by atoms with van der Waals surface area (Å²) >= 11 is 6.01. The Labute approximate surface area is 163 Å². The molecule has 0 radical (unpaired) electrons. The highest BCUT2D eigenvalue weighted by Gasteiger charge is 2.18. The SMILES string of the molecule is Cc1ccc(Cl)cc1NC(=O)c1cnc(N2CCc3ccccc3C2)nc1. The number of fused-ring (bicyclic) bond motifs is 1. The first-order chi connectivity index (χ1) is 13.1. The third kappa shape index (κ3) is 3.78. The topological polar surface area (TPSA) is 58.1 Å². The molecular weight excluding hydrogens is 360 g/mol. The molecule has 1 aromatic heterocycles. The van der Waals surface area contributed by atoms with Crippen LogP contribution < -0.4 is 10.2 Å². The monoisotopic (exact) mass is 378 g/mol. The fraction of sp³-hybridized carbons (Fsp3) is 0.190. The first-order valence-electron chi connectivity index (χ1n) is 8.81. The van der Waals surface area contributed by atoms with Gasteiger partial charge in [0.15, 0.2) is 0 Å². The van der Waals surface area contributed by atoms with Crippen LogP contribution in [0.5, 0.6) is 0 Å². The Kier molecular flexibility index (Phi) is 4.77. The summed E-state index contributed by atoms with van der Waals surface area (Å²) in [4.78, 5) is 23.4. The third-order valence-corrected chi connectivity index (χ3v) is 5.00. The third-order valence-electron chi connectivity index (χ3n) is 4.76. The lowest BCUT2D eigenvalue weighted by Crippen LogP contribution is -2.31. The van der Waals surface area contributed by atoms with Crippen LogP contribution in [0.25, 0.3) is 0 Å². The molecule has 0 unspecified atom stereocenters. The van der Waals surface area contributed by atoms with Crippen molar-refractivity contribution in [1.29, 1.82) is 0 Å². The van der Waals surface area contributed by atoms with Crippen molar-refractivity contribution in [2.75, 3.05) is 16.8 Å². The lowest BCUT2D eigenvalue weighted by atomic mass is 10.0. The Morgan fingerprint density at radius 3 is 2.63 bits per heavy atom. The van der Waals surface area contributed by atoms with E-state index in [1.807, 2.05) is 13.0 Å². The van der Waals surface area contributed by atoms with E-state index in [1.54, 1.807) is 24.5 Å². The minimum Gasteiger partial charge on any atom is -0.336 e. The quantitative estimate of drug-likeness (QED) is 0.740. The van der Waals surface area contributed by atoms with Crippen molar-refractivity contribution in [2.24, 2.45) is 0 Å². The summed E-state index contributed by atoms with van der Waals surface area (Å²) in [5.74, 6) is 0.385. The Morgan fingerprint density at radius 2 is 1.85 bits per heavy atom. The summed E-state index contributed by atoms with van der Waals surface area (Å²) in [7, 11) is 0. The molecule has 2 aromatic carbocycles. The van der Waals surface area contributed by atoms with Crippen molar-refractivity contribution < 1.29 is 4.79 Å². The Morgan fingerprint density at radius 1 is 1.11 bits per heavy atom. The van der Waals surface area contributed by atoms with Crippen molar-refractivity contribution >= 4 is 29.1 Å². The average Bonchev–Trinajstić information content (AvgIpc) is 2.70. The molecule has 4 rings (SSSR count). The number of halogens is 1. The highest BCUT2D eigenvalue weighted by atomic mass is 35.5. The van der Waals surface area contributed by atoms with Crippen LogP contribution in [-0.2, 0) is 13.0 Å². The highest BCUT2D eigenvalue weighted by molar-refractivity contribution is 6.31. The fourth-order valence-electron chi connectivity index (χ4n) is 3.19. The smallest absolute Gasteiger partial charge is 0.258 e. The molecule has 0 aliphatic carbocycles. The van der Waals surface area contributed by atoms with E-state index in [0.717, 1.165) is 25.1 Å². The van der Waals surface area contributed by atoms with Gasteiger partial charge < -0.3 is 10.2 Å². The largest absolute Gasteiger partial charge is 0.336 e. The van der Waals surface area contributed by atoms with E-state index in [4.69, 9.17) is 11.6 Å². The van der Waals surface area contributed by atoms with Crippen LogP contribution in [-0.4, -0.2) is 22.4 Å². The van der Waals surface area contributed by atoms with Gasteiger partial charge in [0, 0.05) is 36.2 Å². The zero-order chi connectivity index (χ0) is 18.8. The maximum Gasteiger partial charge on any atom is 0.258 e. The predicted octanol–water partition coefficient (Wildman–Crippen LogP) is 4.25. The first-order valence-corrected chi connectivity index (χ1v) is 9.19.